The molecule has 92 valence electrons. The molecule has 0 aliphatic heterocycles. The molecule has 0 amide bonds. The molecule has 0 aliphatic rings. The van der Waals surface area contributed by atoms with Gasteiger partial charge in [-0.05, 0) is 18.2 Å². The van der Waals surface area contributed by atoms with E-state index in [2.05, 4.69) is 15.2 Å². The Bertz CT molecular complexity index is 774. The van der Waals surface area contributed by atoms with Crippen LogP contribution < -0.4 is 0 Å². The highest BCUT2D eigenvalue weighted by Gasteiger charge is 2.13. The summed E-state index contributed by atoms with van der Waals surface area (Å²) >= 11 is 1.25. The van der Waals surface area contributed by atoms with Gasteiger partial charge in [0, 0.05) is 6.20 Å². The maximum Gasteiger partial charge on any atom is 0.258 e. The van der Waals surface area contributed by atoms with E-state index in [1.54, 1.807) is 12.1 Å². The molecule has 0 atom stereocenters. The van der Waals surface area contributed by atoms with Gasteiger partial charge in [0.15, 0.2) is 0 Å². The second-order valence-electron chi connectivity index (χ2n) is 3.58. The van der Waals surface area contributed by atoms with E-state index in [9.17, 15) is 4.39 Å². The van der Waals surface area contributed by atoms with Gasteiger partial charge >= 0.3 is 0 Å². The summed E-state index contributed by atoms with van der Waals surface area (Å²) in [7, 11) is 0. The number of rotatable bonds is 2. The Labute approximate surface area is 111 Å². The largest absolute Gasteiger partial charge is 0.415 e. The lowest BCUT2D eigenvalue weighted by Crippen LogP contribution is -1.82. The Hall–Kier alpha value is -2.59. The van der Waals surface area contributed by atoms with Gasteiger partial charge in [-0.15, -0.1) is 21.5 Å². The van der Waals surface area contributed by atoms with E-state index in [0.29, 0.717) is 21.2 Å². The van der Waals surface area contributed by atoms with Crippen molar-refractivity contribution < 1.29 is 8.81 Å². The predicted octanol–water partition coefficient (Wildman–Crippen LogP) is 2.87. The number of halogens is 1. The van der Waals surface area contributed by atoms with Crippen molar-refractivity contribution in [3.05, 3.63) is 41.3 Å². The van der Waals surface area contributed by atoms with Crippen molar-refractivity contribution in [1.82, 2.24) is 15.2 Å². The van der Waals surface area contributed by atoms with Gasteiger partial charge in [0.2, 0.25) is 5.89 Å². The van der Waals surface area contributed by atoms with Crippen LogP contribution in [0.1, 0.15) is 4.88 Å². The molecular formula is C12H5FN4OS. The molecule has 19 heavy (non-hydrogen) atoms. The van der Waals surface area contributed by atoms with E-state index >= 15 is 0 Å². The molecule has 3 aromatic rings. The topological polar surface area (TPSA) is 75.6 Å². The SMILES string of the molecule is N#Cc1ccc(-c2nnc(-c3cncc(F)c3)o2)s1. The van der Waals surface area contributed by atoms with Gasteiger partial charge in [0.25, 0.3) is 5.89 Å². The fraction of sp³-hybridized carbons (Fsp3) is 0. The molecule has 0 radical (unpaired) electrons. The summed E-state index contributed by atoms with van der Waals surface area (Å²) in [5, 5.41) is 16.5. The van der Waals surface area contributed by atoms with Gasteiger partial charge in [-0.3, -0.25) is 4.98 Å². The number of nitrogens with zero attached hydrogens (tertiary/aromatic N) is 4. The smallest absolute Gasteiger partial charge is 0.258 e. The number of thiophene rings is 1. The number of hydrogen-bond donors (Lipinski definition) is 0. The van der Waals surface area contributed by atoms with Crippen molar-refractivity contribution in [3.8, 4) is 28.3 Å². The highest BCUT2D eigenvalue weighted by Crippen LogP contribution is 2.29. The lowest BCUT2D eigenvalue weighted by Gasteiger charge is -1.92. The summed E-state index contributed by atoms with van der Waals surface area (Å²) in [4.78, 5) is 4.97. The summed E-state index contributed by atoms with van der Waals surface area (Å²) in [5.41, 5.74) is 0.413. The van der Waals surface area contributed by atoms with E-state index in [-0.39, 0.29) is 5.89 Å². The summed E-state index contributed by atoms with van der Waals surface area (Å²) in [6.07, 6.45) is 2.54. The minimum absolute atomic E-state index is 0.189. The molecule has 5 nitrogen and oxygen atoms in total. The first-order valence-corrected chi connectivity index (χ1v) is 6.02. The molecule has 3 aromatic heterocycles. The van der Waals surface area contributed by atoms with E-state index < -0.39 is 5.82 Å². The first kappa shape index (κ1) is 11.5. The molecule has 0 spiro atoms. The maximum atomic E-state index is 13.0. The highest BCUT2D eigenvalue weighted by molar-refractivity contribution is 7.15. The van der Waals surface area contributed by atoms with Crippen LogP contribution >= 0.6 is 11.3 Å². The summed E-state index contributed by atoms with van der Waals surface area (Å²) in [6, 6.07) is 6.70. The summed E-state index contributed by atoms with van der Waals surface area (Å²) in [6.45, 7) is 0. The van der Waals surface area contributed by atoms with Crippen LogP contribution in [-0.4, -0.2) is 15.2 Å². The summed E-state index contributed by atoms with van der Waals surface area (Å²) < 4.78 is 18.5. The van der Waals surface area contributed by atoms with Crippen LogP contribution in [0.4, 0.5) is 4.39 Å². The average Bonchev–Trinajstić information content (AvgIpc) is 3.07. The molecule has 0 aliphatic carbocycles. The van der Waals surface area contributed by atoms with E-state index in [1.165, 1.54) is 23.6 Å². The molecular weight excluding hydrogens is 267 g/mol. The van der Waals surface area contributed by atoms with Crippen LogP contribution in [0.25, 0.3) is 22.2 Å². The third kappa shape index (κ3) is 2.21. The molecule has 0 aromatic carbocycles. The van der Waals surface area contributed by atoms with Gasteiger partial charge in [-0.2, -0.15) is 5.26 Å². The zero-order chi connectivity index (χ0) is 13.2. The lowest BCUT2D eigenvalue weighted by atomic mass is 10.3. The van der Waals surface area contributed by atoms with Crippen molar-refractivity contribution in [2.45, 2.75) is 0 Å². The van der Waals surface area contributed by atoms with Gasteiger partial charge in [0.05, 0.1) is 16.6 Å². The van der Waals surface area contributed by atoms with Crippen molar-refractivity contribution in [2.24, 2.45) is 0 Å². The van der Waals surface area contributed by atoms with Crippen LogP contribution in [0.5, 0.6) is 0 Å². The Balaban J connectivity index is 1.97. The zero-order valence-electron chi connectivity index (χ0n) is 9.37. The average molecular weight is 272 g/mol. The quantitative estimate of drug-likeness (QED) is 0.717. The van der Waals surface area contributed by atoms with Crippen LogP contribution in [-0.2, 0) is 0 Å². The van der Waals surface area contributed by atoms with Gasteiger partial charge < -0.3 is 4.42 Å². The second-order valence-corrected chi connectivity index (χ2v) is 4.66. The Kier molecular flexibility index (Phi) is 2.78. The van der Waals surface area contributed by atoms with Gasteiger partial charge in [-0.25, -0.2) is 4.39 Å². The predicted molar refractivity (Wildman–Crippen MR) is 65.5 cm³/mol. The molecule has 0 saturated carbocycles. The van der Waals surface area contributed by atoms with E-state index in [1.807, 2.05) is 6.07 Å². The fourth-order valence-corrected chi connectivity index (χ4v) is 2.21. The maximum absolute atomic E-state index is 13.0. The van der Waals surface area contributed by atoms with E-state index in [0.717, 1.165) is 6.20 Å². The highest BCUT2D eigenvalue weighted by atomic mass is 32.1. The first-order chi connectivity index (χ1) is 9.26. The Morgan fingerprint density at radius 3 is 2.79 bits per heavy atom. The Morgan fingerprint density at radius 1 is 1.21 bits per heavy atom. The number of hydrogen-bond acceptors (Lipinski definition) is 6. The van der Waals surface area contributed by atoms with Crippen LogP contribution in [0.15, 0.2) is 35.0 Å². The lowest BCUT2D eigenvalue weighted by molar-refractivity contribution is 0.582. The molecule has 7 heteroatoms. The van der Waals surface area contributed by atoms with Gasteiger partial charge in [0.1, 0.15) is 16.8 Å². The van der Waals surface area contributed by atoms with Crippen LogP contribution in [0, 0.1) is 17.1 Å². The van der Waals surface area contributed by atoms with Gasteiger partial charge in [-0.1, -0.05) is 0 Å². The third-order valence-electron chi connectivity index (χ3n) is 2.30. The molecule has 0 bridgehead atoms. The monoisotopic (exact) mass is 272 g/mol. The number of pyridine rings is 1. The van der Waals surface area contributed by atoms with E-state index in [4.69, 9.17) is 9.68 Å². The molecule has 0 saturated heterocycles. The van der Waals surface area contributed by atoms with Crippen molar-refractivity contribution in [3.63, 3.8) is 0 Å². The zero-order valence-corrected chi connectivity index (χ0v) is 10.2. The van der Waals surface area contributed by atoms with Crippen LogP contribution in [0.3, 0.4) is 0 Å². The molecule has 3 heterocycles. The first-order valence-electron chi connectivity index (χ1n) is 5.21. The molecule has 3 rings (SSSR count). The number of aromatic nitrogens is 3. The standard InChI is InChI=1S/C12H5FN4OS/c13-8-3-7(5-15-6-8)11-16-17-12(18-11)10-2-1-9(4-14)19-10/h1-3,5-6H. The summed E-state index contributed by atoms with van der Waals surface area (Å²) in [5.74, 6) is 0.0137. The minimum Gasteiger partial charge on any atom is -0.415 e. The number of nitriles is 1. The second kappa shape index (κ2) is 4.59. The molecule has 0 fully saturated rings. The minimum atomic E-state index is -0.472. The normalized spacial score (nSPS) is 10.3. The van der Waals surface area contributed by atoms with Crippen molar-refractivity contribution in [1.29, 1.82) is 5.26 Å². The molecule has 0 unspecified atom stereocenters. The van der Waals surface area contributed by atoms with Crippen LogP contribution in [0.2, 0.25) is 0 Å². The fourth-order valence-electron chi connectivity index (χ4n) is 1.48. The van der Waals surface area contributed by atoms with Crippen molar-refractivity contribution in [2.75, 3.05) is 0 Å². The van der Waals surface area contributed by atoms with Crippen molar-refractivity contribution >= 4 is 11.3 Å². The third-order valence-corrected chi connectivity index (χ3v) is 3.28. The molecule has 0 N–H and O–H groups in total. The Morgan fingerprint density at radius 2 is 2.05 bits per heavy atom.